The van der Waals surface area contributed by atoms with E-state index in [2.05, 4.69) is 5.32 Å². The van der Waals surface area contributed by atoms with Gasteiger partial charge in [0.15, 0.2) is 0 Å². The van der Waals surface area contributed by atoms with Gasteiger partial charge in [-0.25, -0.2) is 13.6 Å². The van der Waals surface area contributed by atoms with E-state index in [1.165, 1.54) is 0 Å². The van der Waals surface area contributed by atoms with Gasteiger partial charge in [-0.05, 0) is 18.8 Å². The molecule has 0 unspecified atom stereocenters. The van der Waals surface area contributed by atoms with Gasteiger partial charge < -0.3 is 36.8 Å². The normalized spacial score (nSPS) is 14.9. The molecule has 0 aliphatic heterocycles. The maximum atomic E-state index is 12.7. The summed E-state index contributed by atoms with van der Waals surface area (Å²) in [7, 11) is 0. The van der Waals surface area contributed by atoms with Crippen LogP contribution in [0.5, 0.6) is 0 Å². The number of nitrogens with one attached hydrogen (secondary N) is 2. The number of carbonyl (C=O) groups excluding carboxylic acids is 2. The number of carboxylic acids is 2. The molecule has 0 aliphatic carbocycles. The lowest BCUT2D eigenvalue weighted by Crippen LogP contribution is -2.61. The van der Waals surface area contributed by atoms with Gasteiger partial charge in [-0.15, -0.1) is 0 Å². The summed E-state index contributed by atoms with van der Waals surface area (Å²) in [6.07, 6.45) is -5.17. The van der Waals surface area contributed by atoms with E-state index in [1.54, 1.807) is 13.8 Å². The molecule has 11 nitrogen and oxygen atoms in total. The van der Waals surface area contributed by atoms with Gasteiger partial charge in [-0.3, -0.25) is 14.4 Å². The molecule has 29 heavy (non-hydrogen) atoms. The maximum absolute atomic E-state index is 12.7. The lowest BCUT2D eigenvalue weighted by atomic mass is 9.99. The minimum atomic E-state index is -3.67. The van der Waals surface area contributed by atoms with Gasteiger partial charge in [0.2, 0.25) is 18.2 Å². The Kier molecular flexibility index (Phi) is 10.6. The Balaban J connectivity index is 5.37. The number of aliphatic hydroxyl groups is 2. The van der Waals surface area contributed by atoms with Crippen molar-refractivity contribution in [3.05, 3.63) is 0 Å². The molecule has 13 heteroatoms. The Morgan fingerprint density at radius 1 is 1.00 bits per heavy atom. The summed E-state index contributed by atoms with van der Waals surface area (Å²) >= 11 is 0. The van der Waals surface area contributed by atoms with Crippen molar-refractivity contribution in [2.45, 2.75) is 69.9 Å². The van der Waals surface area contributed by atoms with E-state index in [4.69, 9.17) is 15.9 Å². The Labute approximate surface area is 165 Å². The predicted molar refractivity (Wildman–Crippen MR) is 93.6 cm³/mol. The minimum absolute atomic E-state index is 0.0124. The van der Waals surface area contributed by atoms with Crippen LogP contribution < -0.4 is 16.4 Å². The van der Waals surface area contributed by atoms with Gasteiger partial charge in [-0.1, -0.05) is 13.8 Å². The highest BCUT2D eigenvalue weighted by Crippen LogP contribution is 2.17. The maximum Gasteiger partial charge on any atom is 0.366 e. The molecule has 0 radical (unpaired) electrons. The van der Waals surface area contributed by atoms with E-state index in [1.807, 2.05) is 5.32 Å². The quantitative estimate of drug-likeness (QED) is 0.173. The molecule has 0 spiro atoms. The summed E-state index contributed by atoms with van der Waals surface area (Å²) in [4.78, 5) is 46.0. The van der Waals surface area contributed by atoms with Crippen LogP contribution >= 0.6 is 0 Å². The molecule has 3 atom stereocenters. The van der Waals surface area contributed by atoms with Gasteiger partial charge in [-0.2, -0.15) is 0 Å². The second-order valence-corrected chi connectivity index (χ2v) is 6.95. The van der Waals surface area contributed by atoms with Gasteiger partial charge in [0.1, 0.15) is 6.04 Å². The molecule has 0 fully saturated rings. The van der Waals surface area contributed by atoms with E-state index in [0.717, 1.165) is 0 Å². The van der Waals surface area contributed by atoms with Gasteiger partial charge >= 0.3 is 11.9 Å². The van der Waals surface area contributed by atoms with E-state index >= 15 is 0 Å². The molecule has 0 rings (SSSR count). The third-order valence-electron chi connectivity index (χ3n) is 3.88. The molecule has 0 bridgehead atoms. The summed E-state index contributed by atoms with van der Waals surface area (Å²) in [5.74, 6) is -9.30. The molecule has 0 saturated heterocycles. The highest BCUT2D eigenvalue weighted by molar-refractivity contribution is 5.90. The van der Waals surface area contributed by atoms with E-state index in [9.17, 15) is 38.2 Å². The number of amides is 2. The smallest absolute Gasteiger partial charge is 0.366 e. The van der Waals surface area contributed by atoms with Gasteiger partial charge in [0.25, 0.3) is 5.79 Å². The first kappa shape index (κ1) is 26.6. The molecule has 0 aromatic rings. The topological polar surface area (TPSA) is 199 Å². The molecule has 0 aromatic carbocycles. The highest BCUT2D eigenvalue weighted by Gasteiger charge is 2.45. The minimum Gasteiger partial charge on any atom is -0.481 e. The van der Waals surface area contributed by atoms with E-state index in [-0.39, 0.29) is 18.8 Å². The predicted octanol–water partition coefficient (Wildman–Crippen LogP) is -1.39. The molecule has 168 valence electrons. The van der Waals surface area contributed by atoms with Crippen LogP contribution in [0.15, 0.2) is 0 Å². The van der Waals surface area contributed by atoms with Crippen LogP contribution in [-0.4, -0.2) is 74.5 Å². The summed E-state index contributed by atoms with van der Waals surface area (Å²) in [6.45, 7) is 3.35. The number of aliphatic carboxylic acids is 2. The summed E-state index contributed by atoms with van der Waals surface area (Å²) < 4.78 is 25.4. The number of hydrogen-bond acceptors (Lipinski definition) is 7. The standard InChI is InChI=1S/C16H27F2N3O8/c1-7(2)5-9(20-13(24)8(19)3-4-12(22)23)14(25)21-10(6-11(17)18)16(28,29)15(26)27/h7-11,28-29H,3-6,19H2,1-2H3,(H,20,24)(H,21,25)(H,22,23)(H,26,27)/t8-,9-,10-/m0/s1. The zero-order chi connectivity index (χ0) is 22.9. The molecule has 0 aliphatic rings. The average molecular weight is 427 g/mol. The number of carboxylic acid groups (broad SMARTS) is 2. The van der Waals surface area contributed by atoms with Crippen molar-refractivity contribution in [1.82, 2.24) is 10.6 Å². The van der Waals surface area contributed by atoms with Crippen molar-refractivity contribution >= 4 is 23.8 Å². The molecular weight excluding hydrogens is 400 g/mol. The molecule has 0 heterocycles. The first-order valence-corrected chi connectivity index (χ1v) is 8.72. The summed E-state index contributed by atoms with van der Waals surface area (Å²) in [6, 6.07) is -4.89. The number of nitrogens with two attached hydrogens (primary N) is 1. The number of rotatable bonds is 13. The second kappa shape index (κ2) is 11.6. The third-order valence-corrected chi connectivity index (χ3v) is 3.88. The first-order valence-electron chi connectivity index (χ1n) is 8.72. The molecule has 0 saturated carbocycles. The monoisotopic (exact) mass is 427 g/mol. The number of alkyl halides is 2. The van der Waals surface area contributed by atoms with Gasteiger partial charge in [0, 0.05) is 12.8 Å². The van der Waals surface area contributed by atoms with Crippen molar-refractivity contribution in [2.75, 3.05) is 0 Å². The fourth-order valence-corrected chi connectivity index (χ4v) is 2.32. The Morgan fingerprint density at radius 2 is 1.55 bits per heavy atom. The van der Waals surface area contributed by atoms with Crippen molar-refractivity contribution in [1.29, 1.82) is 0 Å². The average Bonchev–Trinajstić information content (AvgIpc) is 2.57. The molecule has 0 aromatic heterocycles. The number of halogens is 2. The first-order chi connectivity index (χ1) is 13.2. The van der Waals surface area contributed by atoms with Crippen LogP contribution in [0, 0.1) is 5.92 Å². The highest BCUT2D eigenvalue weighted by atomic mass is 19.3. The fraction of sp³-hybridized carbons (Fsp3) is 0.750. The number of hydrogen-bond donors (Lipinski definition) is 7. The summed E-state index contributed by atoms with van der Waals surface area (Å²) in [5, 5.41) is 40.6. The molecular formula is C16H27F2N3O8. The zero-order valence-corrected chi connectivity index (χ0v) is 16.0. The largest absolute Gasteiger partial charge is 0.481 e. The van der Waals surface area contributed by atoms with Crippen LogP contribution in [0.25, 0.3) is 0 Å². The third kappa shape index (κ3) is 9.58. The lowest BCUT2D eigenvalue weighted by Gasteiger charge is -2.30. The van der Waals surface area contributed by atoms with Crippen LogP contribution in [0.1, 0.15) is 39.5 Å². The Morgan fingerprint density at radius 3 is 1.97 bits per heavy atom. The van der Waals surface area contributed by atoms with Crippen molar-refractivity contribution in [3.63, 3.8) is 0 Å². The van der Waals surface area contributed by atoms with Crippen LogP contribution in [0.3, 0.4) is 0 Å². The Bertz CT molecular complexity index is 601. The molecule has 8 N–H and O–H groups in total. The summed E-state index contributed by atoms with van der Waals surface area (Å²) in [5.41, 5.74) is 5.56. The van der Waals surface area contributed by atoms with Crippen molar-refractivity contribution < 1.29 is 48.4 Å². The van der Waals surface area contributed by atoms with E-state index < -0.39 is 66.9 Å². The second-order valence-electron chi connectivity index (χ2n) is 6.95. The Hall–Kier alpha value is -2.38. The van der Waals surface area contributed by atoms with Crippen LogP contribution in [0.2, 0.25) is 0 Å². The number of carbonyl (C=O) groups is 4. The van der Waals surface area contributed by atoms with Crippen molar-refractivity contribution in [2.24, 2.45) is 11.7 Å². The molecule has 2 amide bonds. The van der Waals surface area contributed by atoms with Gasteiger partial charge in [0.05, 0.1) is 12.1 Å². The fourth-order valence-electron chi connectivity index (χ4n) is 2.32. The lowest BCUT2D eigenvalue weighted by molar-refractivity contribution is -0.216. The van der Waals surface area contributed by atoms with Crippen molar-refractivity contribution in [3.8, 4) is 0 Å². The SMILES string of the molecule is CC(C)C[C@H](NC(=O)[C@@H](N)CCC(=O)O)C(=O)N[C@@H](CC(F)F)C(O)(O)C(=O)O. The van der Waals surface area contributed by atoms with Crippen LogP contribution in [-0.2, 0) is 19.2 Å². The van der Waals surface area contributed by atoms with Crippen LogP contribution in [0.4, 0.5) is 8.78 Å². The van der Waals surface area contributed by atoms with E-state index in [0.29, 0.717) is 0 Å². The zero-order valence-electron chi connectivity index (χ0n) is 16.0.